The number of anilines is 1. The SMILES string of the molecule is CNC(=O)c1cnc(Cl)cc1NC1CCCC(N)C1. The van der Waals surface area contributed by atoms with Gasteiger partial charge < -0.3 is 16.4 Å². The van der Waals surface area contributed by atoms with Crippen LogP contribution >= 0.6 is 11.6 Å². The summed E-state index contributed by atoms with van der Waals surface area (Å²) in [5.74, 6) is -0.174. The van der Waals surface area contributed by atoms with Gasteiger partial charge in [-0.3, -0.25) is 4.79 Å². The molecule has 1 fully saturated rings. The van der Waals surface area contributed by atoms with Gasteiger partial charge in [-0.2, -0.15) is 0 Å². The molecule has 19 heavy (non-hydrogen) atoms. The Hall–Kier alpha value is -1.33. The molecular formula is C13H19ClN4O. The molecule has 0 bridgehead atoms. The number of hydrogen-bond donors (Lipinski definition) is 3. The molecule has 1 amide bonds. The van der Waals surface area contributed by atoms with Crippen molar-refractivity contribution >= 4 is 23.2 Å². The van der Waals surface area contributed by atoms with E-state index < -0.39 is 0 Å². The van der Waals surface area contributed by atoms with Crippen molar-refractivity contribution in [2.45, 2.75) is 37.8 Å². The highest BCUT2D eigenvalue weighted by molar-refractivity contribution is 6.29. The molecule has 2 unspecified atom stereocenters. The van der Waals surface area contributed by atoms with Crippen molar-refractivity contribution in [3.05, 3.63) is 23.0 Å². The van der Waals surface area contributed by atoms with Crippen molar-refractivity contribution in [2.24, 2.45) is 5.73 Å². The Morgan fingerprint density at radius 1 is 1.53 bits per heavy atom. The highest BCUT2D eigenvalue weighted by Crippen LogP contribution is 2.24. The molecule has 104 valence electrons. The molecule has 5 nitrogen and oxygen atoms in total. The molecule has 1 heterocycles. The van der Waals surface area contributed by atoms with Gasteiger partial charge in [-0.05, 0) is 31.7 Å². The van der Waals surface area contributed by atoms with E-state index in [1.165, 1.54) is 6.20 Å². The average Bonchev–Trinajstić information content (AvgIpc) is 2.38. The number of nitrogens with zero attached hydrogens (tertiary/aromatic N) is 1. The van der Waals surface area contributed by atoms with Gasteiger partial charge in [-0.15, -0.1) is 0 Å². The minimum atomic E-state index is -0.174. The topological polar surface area (TPSA) is 80.0 Å². The largest absolute Gasteiger partial charge is 0.381 e. The number of pyridine rings is 1. The molecule has 0 saturated heterocycles. The Labute approximate surface area is 117 Å². The summed E-state index contributed by atoms with van der Waals surface area (Å²) >= 11 is 5.90. The van der Waals surface area contributed by atoms with E-state index in [0.29, 0.717) is 10.7 Å². The molecule has 1 aromatic rings. The van der Waals surface area contributed by atoms with Crippen molar-refractivity contribution in [3.8, 4) is 0 Å². The van der Waals surface area contributed by atoms with Gasteiger partial charge >= 0.3 is 0 Å². The molecule has 0 radical (unpaired) electrons. The Morgan fingerprint density at radius 3 is 3.00 bits per heavy atom. The van der Waals surface area contributed by atoms with Gasteiger partial charge in [0.25, 0.3) is 5.91 Å². The van der Waals surface area contributed by atoms with Gasteiger partial charge in [0.05, 0.1) is 11.3 Å². The quantitative estimate of drug-likeness (QED) is 0.738. The molecule has 1 aromatic heterocycles. The first kappa shape index (κ1) is 14.1. The predicted molar refractivity (Wildman–Crippen MR) is 76.5 cm³/mol. The normalized spacial score (nSPS) is 22.9. The summed E-state index contributed by atoms with van der Waals surface area (Å²) in [6.07, 6.45) is 5.63. The molecule has 4 N–H and O–H groups in total. The van der Waals surface area contributed by atoms with Crippen LogP contribution in [0.15, 0.2) is 12.3 Å². The lowest BCUT2D eigenvalue weighted by molar-refractivity contribution is 0.0963. The van der Waals surface area contributed by atoms with Gasteiger partial charge in [0.15, 0.2) is 0 Å². The van der Waals surface area contributed by atoms with Crippen molar-refractivity contribution in [1.29, 1.82) is 0 Å². The highest BCUT2D eigenvalue weighted by atomic mass is 35.5. The number of nitrogens with two attached hydrogens (primary N) is 1. The molecule has 2 rings (SSSR count). The average molecular weight is 283 g/mol. The smallest absolute Gasteiger partial charge is 0.254 e. The van der Waals surface area contributed by atoms with Gasteiger partial charge in [-0.25, -0.2) is 4.98 Å². The second-order valence-electron chi connectivity index (χ2n) is 4.90. The van der Waals surface area contributed by atoms with Crippen LogP contribution in [-0.2, 0) is 0 Å². The number of carbonyl (C=O) groups is 1. The lowest BCUT2D eigenvalue weighted by atomic mass is 9.91. The molecule has 0 spiro atoms. The first-order chi connectivity index (χ1) is 9.10. The summed E-state index contributed by atoms with van der Waals surface area (Å²) in [5, 5.41) is 6.34. The van der Waals surface area contributed by atoms with Crippen LogP contribution in [-0.4, -0.2) is 30.0 Å². The van der Waals surface area contributed by atoms with Crippen LogP contribution in [0.3, 0.4) is 0 Å². The van der Waals surface area contributed by atoms with E-state index in [-0.39, 0.29) is 18.0 Å². The van der Waals surface area contributed by atoms with E-state index >= 15 is 0 Å². The zero-order valence-electron chi connectivity index (χ0n) is 10.9. The summed E-state index contributed by atoms with van der Waals surface area (Å²) in [5.41, 5.74) is 7.20. The maximum Gasteiger partial charge on any atom is 0.254 e. The van der Waals surface area contributed by atoms with Crippen LogP contribution in [0.5, 0.6) is 0 Å². The summed E-state index contributed by atoms with van der Waals surface area (Å²) in [7, 11) is 1.59. The minimum Gasteiger partial charge on any atom is -0.381 e. The molecule has 0 aromatic carbocycles. The minimum absolute atomic E-state index is 0.174. The number of rotatable bonds is 3. The molecular weight excluding hydrogens is 264 g/mol. The van der Waals surface area contributed by atoms with Crippen molar-refractivity contribution in [3.63, 3.8) is 0 Å². The third kappa shape index (κ3) is 3.58. The van der Waals surface area contributed by atoms with Crippen LogP contribution in [0.2, 0.25) is 5.15 Å². The fourth-order valence-electron chi connectivity index (χ4n) is 2.44. The van der Waals surface area contributed by atoms with Gasteiger partial charge in [0.1, 0.15) is 5.15 Å². The third-order valence-corrected chi connectivity index (χ3v) is 3.62. The van der Waals surface area contributed by atoms with Crippen LogP contribution in [0.25, 0.3) is 0 Å². The van der Waals surface area contributed by atoms with E-state index in [1.807, 2.05) is 0 Å². The van der Waals surface area contributed by atoms with Crippen LogP contribution in [0, 0.1) is 0 Å². The summed E-state index contributed by atoms with van der Waals surface area (Å²) in [6.45, 7) is 0. The number of nitrogens with one attached hydrogen (secondary N) is 2. The summed E-state index contributed by atoms with van der Waals surface area (Å²) in [6, 6.07) is 2.20. The van der Waals surface area contributed by atoms with Crippen LogP contribution in [0.4, 0.5) is 5.69 Å². The molecule has 1 aliphatic rings. The fraction of sp³-hybridized carbons (Fsp3) is 0.538. The number of aromatic nitrogens is 1. The highest BCUT2D eigenvalue weighted by Gasteiger charge is 2.21. The van der Waals surface area contributed by atoms with Crippen LogP contribution in [0.1, 0.15) is 36.0 Å². The van der Waals surface area contributed by atoms with Crippen LogP contribution < -0.4 is 16.4 Å². The van der Waals surface area contributed by atoms with E-state index in [2.05, 4.69) is 15.6 Å². The summed E-state index contributed by atoms with van der Waals surface area (Å²) < 4.78 is 0. The Kier molecular flexibility index (Phi) is 4.61. The monoisotopic (exact) mass is 282 g/mol. The third-order valence-electron chi connectivity index (χ3n) is 3.42. The summed E-state index contributed by atoms with van der Waals surface area (Å²) in [4.78, 5) is 15.7. The first-order valence-electron chi connectivity index (χ1n) is 6.50. The maximum absolute atomic E-state index is 11.8. The van der Waals surface area contributed by atoms with E-state index in [4.69, 9.17) is 17.3 Å². The number of hydrogen-bond acceptors (Lipinski definition) is 4. The lowest BCUT2D eigenvalue weighted by Crippen LogP contribution is -2.35. The molecule has 1 aliphatic carbocycles. The molecule has 2 atom stereocenters. The Bertz CT molecular complexity index is 466. The van der Waals surface area contributed by atoms with Gasteiger partial charge in [0.2, 0.25) is 0 Å². The second-order valence-corrected chi connectivity index (χ2v) is 5.29. The zero-order chi connectivity index (χ0) is 13.8. The number of halogens is 1. The molecule has 0 aliphatic heterocycles. The van der Waals surface area contributed by atoms with E-state index in [0.717, 1.165) is 31.4 Å². The zero-order valence-corrected chi connectivity index (χ0v) is 11.7. The van der Waals surface area contributed by atoms with Crippen molar-refractivity contribution in [1.82, 2.24) is 10.3 Å². The first-order valence-corrected chi connectivity index (χ1v) is 6.87. The Balaban J connectivity index is 2.18. The number of carbonyl (C=O) groups excluding carboxylic acids is 1. The van der Waals surface area contributed by atoms with Gasteiger partial charge in [0, 0.05) is 25.3 Å². The Morgan fingerprint density at radius 2 is 2.32 bits per heavy atom. The lowest BCUT2D eigenvalue weighted by Gasteiger charge is -2.28. The number of amides is 1. The fourth-order valence-corrected chi connectivity index (χ4v) is 2.60. The standard InChI is InChI=1S/C13H19ClN4O/c1-16-13(19)10-7-17-12(14)6-11(10)18-9-4-2-3-8(15)5-9/h6-9H,2-5,15H2,1H3,(H,16,19)(H,17,18). The van der Waals surface area contributed by atoms with Crippen molar-refractivity contribution in [2.75, 3.05) is 12.4 Å². The second kappa shape index (κ2) is 6.21. The van der Waals surface area contributed by atoms with Gasteiger partial charge in [-0.1, -0.05) is 11.6 Å². The van der Waals surface area contributed by atoms with E-state index in [1.54, 1.807) is 13.1 Å². The molecule has 6 heteroatoms. The maximum atomic E-state index is 11.8. The van der Waals surface area contributed by atoms with Crippen molar-refractivity contribution < 1.29 is 4.79 Å². The predicted octanol–water partition coefficient (Wildman–Crippen LogP) is 1.78. The molecule has 1 saturated carbocycles. The van der Waals surface area contributed by atoms with E-state index in [9.17, 15) is 4.79 Å².